The summed E-state index contributed by atoms with van der Waals surface area (Å²) in [6.07, 6.45) is 6.31. The SMILES string of the molecule is c1ccc(-c2nc(-c3ccccc3)nc(-c3cccc(-c4ccc5c(c4)c4cc6c(cc4n5-c4ccccc4)-c4ccccc4C64CCCCC4)c3)n2)cc1. The normalized spacial score (nSPS) is 14.3. The van der Waals surface area contributed by atoms with Crippen molar-refractivity contribution >= 4 is 21.8 Å². The fraction of sp³-hybridized carbons (Fsp3) is 0.118. The molecule has 1 fully saturated rings. The first-order valence-electron chi connectivity index (χ1n) is 19.5. The van der Waals surface area contributed by atoms with Gasteiger partial charge in [-0.05, 0) is 88.7 Å². The molecule has 0 aliphatic heterocycles. The predicted molar refractivity (Wildman–Crippen MR) is 225 cm³/mol. The molecule has 2 aromatic heterocycles. The quantitative estimate of drug-likeness (QED) is 0.179. The van der Waals surface area contributed by atoms with E-state index in [0.29, 0.717) is 17.5 Å². The van der Waals surface area contributed by atoms with E-state index in [4.69, 9.17) is 15.0 Å². The standard InChI is InChI=1S/C51H38N4/c1-5-16-34(17-6-1)48-52-49(35-18-7-2-8-19-35)54-50(53-48)38-21-15-20-36(30-38)37-26-27-46-42(31-37)43-32-45-41(33-47(43)55(46)39-22-9-3-10-23-39)40-24-11-12-25-44(40)51(45)28-13-4-14-29-51/h1-3,5-12,15-27,30-33H,4,13-14,28-29H2. The van der Waals surface area contributed by atoms with E-state index in [9.17, 15) is 0 Å². The minimum atomic E-state index is 0.0905. The average molecular weight is 707 g/mol. The van der Waals surface area contributed by atoms with Crippen molar-refractivity contribution in [2.45, 2.75) is 37.5 Å². The van der Waals surface area contributed by atoms with Gasteiger partial charge in [0.25, 0.3) is 0 Å². The van der Waals surface area contributed by atoms with Gasteiger partial charge in [0, 0.05) is 38.6 Å². The van der Waals surface area contributed by atoms with Gasteiger partial charge in [0.15, 0.2) is 17.5 Å². The Labute approximate surface area is 320 Å². The molecule has 262 valence electrons. The van der Waals surface area contributed by atoms with Crippen molar-refractivity contribution in [1.29, 1.82) is 0 Å². The molecule has 2 aliphatic carbocycles. The largest absolute Gasteiger partial charge is 0.309 e. The van der Waals surface area contributed by atoms with E-state index in [2.05, 4.69) is 138 Å². The van der Waals surface area contributed by atoms with Crippen LogP contribution in [0.3, 0.4) is 0 Å². The first kappa shape index (κ1) is 31.8. The number of benzene rings is 7. The van der Waals surface area contributed by atoms with Crippen LogP contribution in [0.2, 0.25) is 0 Å². The molecule has 0 unspecified atom stereocenters. The maximum Gasteiger partial charge on any atom is 0.164 e. The van der Waals surface area contributed by atoms with E-state index in [-0.39, 0.29) is 5.41 Å². The molecule has 2 aliphatic rings. The molecule has 7 aromatic carbocycles. The lowest BCUT2D eigenvalue weighted by Crippen LogP contribution is -2.27. The lowest BCUT2D eigenvalue weighted by atomic mass is 9.68. The van der Waals surface area contributed by atoms with Crippen molar-refractivity contribution in [3.63, 3.8) is 0 Å². The molecule has 11 rings (SSSR count). The molecule has 0 N–H and O–H groups in total. The van der Waals surface area contributed by atoms with Crippen molar-refractivity contribution in [3.05, 3.63) is 181 Å². The zero-order valence-corrected chi connectivity index (χ0v) is 30.5. The second kappa shape index (κ2) is 12.7. The van der Waals surface area contributed by atoms with Crippen LogP contribution in [0.4, 0.5) is 0 Å². The summed E-state index contributed by atoms with van der Waals surface area (Å²) in [6.45, 7) is 0. The van der Waals surface area contributed by atoms with Gasteiger partial charge in [-0.3, -0.25) is 0 Å². The van der Waals surface area contributed by atoms with Crippen LogP contribution in [0.5, 0.6) is 0 Å². The second-order valence-corrected chi connectivity index (χ2v) is 15.1. The van der Waals surface area contributed by atoms with Gasteiger partial charge in [0.05, 0.1) is 11.0 Å². The number of rotatable bonds is 5. The third kappa shape index (κ3) is 5.16. The second-order valence-electron chi connectivity index (χ2n) is 15.1. The topological polar surface area (TPSA) is 43.6 Å². The molecule has 0 bridgehead atoms. The number of nitrogens with zero attached hydrogens (tertiary/aromatic N) is 4. The molecule has 55 heavy (non-hydrogen) atoms. The molecule has 0 radical (unpaired) electrons. The average Bonchev–Trinajstić information content (AvgIpc) is 3.72. The highest BCUT2D eigenvalue weighted by Gasteiger charge is 2.44. The number of aromatic nitrogens is 4. The van der Waals surface area contributed by atoms with Crippen molar-refractivity contribution in [1.82, 2.24) is 19.5 Å². The molecule has 9 aromatic rings. The highest BCUT2D eigenvalue weighted by molar-refractivity contribution is 6.12. The predicted octanol–water partition coefficient (Wildman–Crippen LogP) is 12.9. The Morgan fingerprint density at radius 3 is 1.65 bits per heavy atom. The Kier molecular flexibility index (Phi) is 7.38. The van der Waals surface area contributed by atoms with Gasteiger partial charge in [0.2, 0.25) is 0 Å². The fourth-order valence-corrected chi connectivity index (χ4v) is 9.47. The molecule has 2 heterocycles. The Morgan fingerprint density at radius 2 is 0.945 bits per heavy atom. The zero-order valence-electron chi connectivity index (χ0n) is 30.5. The van der Waals surface area contributed by atoms with Gasteiger partial charge < -0.3 is 4.57 Å². The maximum atomic E-state index is 5.03. The van der Waals surface area contributed by atoms with Gasteiger partial charge in [-0.2, -0.15) is 0 Å². The van der Waals surface area contributed by atoms with Crippen molar-refractivity contribution in [2.24, 2.45) is 0 Å². The first-order valence-corrected chi connectivity index (χ1v) is 19.5. The van der Waals surface area contributed by atoms with E-state index in [1.54, 1.807) is 0 Å². The van der Waals surface area contributed by atoms with Gasteiger partial charge in [-0.15, -0.1) is 0 Å². The zero-order chi connectivity index (χ0) is 36.3. The van der Waals surface area contributed by atoms with Gasteiger partial charge in [-0.1, -0.05) is 147 Å². The minimum Gasteiger partial charge on any atom is -0.309 e. The van der Waals surface area contributed by atoms with Crippen LogP contribution in [0.1, 0.15) is 43.2 Å². The Morgan fingerprint density at radius 1 is 0.382 bits per heavy atom. The van der Waals surface area contributed by atoms with E-state index < -0.39 is 0 Å². The van der Waals surface area contributed by atoms with Crippen molar-refractivity contribution in [2.75, 3.05) is 0 Å². The van der Waals surface area contributed by atoms with Crippen molar-refractivity contribution < 1.29 is 0 Å². The molecule has 4 nitrogen and oxygen atoms in total. The number of hydrogen-bond acceptors (Lipinski definition) is 3. The first-order chi connectivity index (χ1) is 27.2. The summed E-state index contributed by atoms with van der Waals surface area (Å²) in [5, 5.41) is 2.58. The van der Waals surface area contributed by atoms with Gasteiger partial charge >= 0.3 is 0 Å². The molecule has 1 saturated carbocycles. The summed E-state index contributed by atoms with van der Waals surface area (Å²) in [7, 11) is 0. The van der Waals surface area contributed by atoms with Gasteiger partial charge in [-0.25, -0.2) is 15.0 Å². The van der Waals surface area contributed by atoms with E-state index in [1.165, 1.54) is 87.4 Å². The molecular weight excluding hydrogens is 669 g/mol. The van der Waals surface area contributed by atoms with E-state index in [1.807, 2.05) is 36.4 Å². The summed E-state index contributed by atoms with van der Waals surface area (Å²) >= 11 is 0. The number of hydrogen-bond donors (Lipinski definition) is 0. The third-order valence-electron chi connectivity index (χ3n) is 12.0. The minimum absolute atomic E-state index is 0.0905. The third-order valence-corrected chi connectivity index (χ3v) is 12.0. The monoisotopic (exact) mass is 706 g/mol. The summed E-state index contributed by atoms with van der Waals surface area (Å²) in [5.41, 5.74) is 14.7. The highest BCUT2D eigenvalue weighted by atomic mass is 15.0. The van der Waals surface area contributed by atoms with E-state index in [0.717, 1.165) is 22.3 Å². The lowest BCUT2D eigenvalue weighted by Gasteiger charge is -2.36. The molecular formula is C51H38N4. The van der Waals surface area contributed by atoms with Gasteiger partial charge in [0.1, 0.15) is 0 Å². The van der Waals surface area contributed by atoms with Crippen LogP contribution < -0.4 is 0 Å². The Bertz CT molecular complexity index is 2830. The van der Waals surface area contributed by atoms with Crippen LogP contribution >= 0.6 is 0 Å². The van der Waals surface area contributed by atoms with Crippen LogP contribution in [0, 0.1) is 0 Å². The number of fused-ring (bicyclic) bond motifs is 8. The Balaban J connectivity index is 1.09. The van der Waals surface area contributed by atoms with Crippen LogP contribution in [-0.4, -0.2) is 19.5 Å². The lowest BCUT2D eigenvalue weighted by molar-refractivity contribution is 0.353. The highest BCUT2D eigenvalue weighted by Crippen LogP contribution is 2.57. The molecule has 4 heteroatoms. The smallest absolute Gasteiger partial charge is 0.164 e. The Hall–Kier alpha value is -6.65. The number of para-hydroxylation sites is 1. The fourth-order valence-electron chi connectivity index (χ4n) is 9.47. The van der Waals surface area contributed by atoms with Crippen LogP contribution in [0.15, 0.2) is 170 Å². The molecule has 0 amide bonds. The molecule has 0 atom stereocenters. The maximum absolute atomic E-state index is 5.03. The van der Waals surface area contributed by atoms with Crippen LogP contribution in [0.25, 0.3) is 83.9 Å². The molecule has 0 saturated heterocycles. The summed E-state index contributed by atoms with van der Waals surface area (Å²) in [6, 6.07) is 61.0. The van der Waals surface area contributed by atoms with Crippen molar-refractivity contribution in [3.8, 4) is 62.1 Å². The molecule has 1 spiro atoms. The summed E-state index contributed by atoms with van der Waals surface area (Å²) in [5.74, 6) is 1.98. The summed E-state index contributed by atoms with van der Waals surface area (Å²) in [4.78, 5) is 15.0. The van der Waals surface area contributed by atoms with Crippen LogP contribution in [-0.2, 0) is 5.41 Å². The summed E-state index contributed by atoms with van der Waals surface area (Å²) < 4.78 is 2.46. The van der Waals surface area contributed by atoms with E-state index >= 15 is 0 Å².